The zero-order valence-corrected chi connectivity index (χ0v) is 12.2. The highest BCUT2D eigenvalue weighted by atomic mass is 35.5. The van der Waals surface area contributed by atoms with Gasteiger partial charge in [-0.3, -0.25) is 4.79 Å². The van der Waals surface area contributed by atoms with Crippen molar-refractivity contribution < 1.29 is 9.90 Å². The Labute approximate surface area is 119 Å². The molecule has 0 unspecified atom stereocenters. The molecule has 106 valence electrons. The molecule has 5 heteroatoms. The molecule has 0 aliphatic rings. The number of nitrogens with one attached hydrogen (secondary N) is 1. The molecule has 0 aliphatic carbocycles. The van der Waals surface area contributed by atoms with Crippen LogP contribution in [-0.2, 0) is 0 Å². The van der Waals surface area contributed by atoms with Gasteiger partial charge in [0.05, 0.1) is 5.56 Å². The normalized spacial score (nSPS) is 10.3. The number of nitrogens with zero attached hydrogens (tertiary/aromatic N) is 1. The number of benzene rings is 1. The smallest absolute Gasteiger partial charge is 0.255 e. The summed E-state index contributed by atoms with van der Waals surface area (Å²) in [5.74, 6) is -0.0607. The number of aliphatic hydroxyl groups is 1. The molecule has 0 spiro atoms. The molecule has 1 rings (SSSR count). The molecule has 0 heterocycles. The second-order valence-electron chi connectivity index (χ2n) is 4.18. The minimum absolute atomic E-state index is 0.0607. The Kier molecular flexibility index (Phi) is 6.67. The summed E-state index contributed by atoms with van der Waals surface area (Å²) < 4.78 is 0. The first-order valence-corrected chi connectivity index (χ1v) is 6.95. The first kappa shape index (κ1) is 15.8. The van der Waals surface area contributed by atoms with Crippen LogP contribution in [-0.4, -0.2) is 42.2 Å². The zero-order valence-electron chi connectivity index (χ0n) is 11.4. The Hall–Kier alpha value is -1.26. The number of anilines is 1. The fourth-order valence-corrected chi connectivity index (χ4v) is 2.05. The molecular weight excluding hydrogens is 264 g/mol. The van der Waals surface area contributed by atoms with E-state index in [9.17, 15) is 4.79 Å². The number of hydrogen-bond donors (Lipinski definition) is 2. The van der Waals surface area contributed by atoms with Crippen molar-refractivity contribution in [1.82, 2.24) is 4.90 Å². The molecule has 1 amide bonds. The Morgan fingerprint density at radius 1 is 1.42 bits per heavy atom. The molecule has 0 saturated heterocycles. The second kappa shape index (κ2) is 8.02. The molecule has 1 aromatic carbocycles. The van der Waals surface area contributed by atoms with E-state index in [-0.39, 0.29) is 12.5 Å². The first-order chi connectivity index (χ1) is 9.13. The largest absolute Gasteiger partial charge is 0.396 e. The fourth-order valence-electron chi connectivity index (χ4n) is 1.87. The van der Waals surface area contributed by atoms with Crippen molar-refractivity contribution >= 4 is 23.2 Å². The Morgan fingerprint density at radius 3 is 2.74 bits per heavy atom. The van der Waals surface area contributed by atoms with E-state index in [0.717, 1.165) is 12.2 Å². The highest BCUT2D eigenvalue weighted by Gasteiger charge is 2.17. The quantitative estimate of drug-likeness (QED) is 0.809. The van der Waals surface area contributed by atoms with Crippen molar-refractivity contribution in [3.05, 3.63) is 28.8 Å². The molecule has 0 radical (unpaired) electrons. The maximum Gasteiger partial charge on any atom is 0.255 e. The summed E-state index contributed by atoms with van der Waals surface area (Å²) in [5, 5.41) is 12.6. The van der Waals surface area contributed by atoms with Gasteiger partial charge in [0.15, 0.2) is 0 Å². The predicted octanol–water partition coefficient (Wildman–Crippen LogP) is 2.62. The van der Waals surface area contributed by atoms with Gasteiger partial charge in [-0.05, 0) is 38.5 Å². The van der Waals surface area contributed by atoms with E-state index in [1.54, 1.807) is 17.0 Å². The van der Waals surface area contributed by atoms with Crippen molar-refractivity contribution in [3.8, 4) is 0 Å². The molecule has 0 fully saturated rings. The van der Waals surface area contributed by atoms with Crippen molar-refractivity contribution in [3.63, 3.8) is 0 Å². The molecule has 0 aromatic heterocycles. The lowest BCUT2D eigenvalue weighted by atomic mass is 10.1. The average molecular weight is 285 g/mol. The molecule has 2 N–H and O–H groups in total. The fraction of sp³-hybridized carbons (Fsp3) is 0.500. The van der Waals surface area contributed by atoms with E-state index in [0.29, 0.717) is 30.1 Å². The van der Waals surface area contributed by atoms with Gasteiger partial charge in [0.25, 0.3) is 5.91 Å². The van der Waals surface area contributed by atoms with E-state index >= 15 is 0 Å². The van der Waals surface area contributed by atoms with Crippen molar-refractivity contribution in [2.45, 2.75) is 20.3 Å². The summed E-state index contributed by atoms with van der Waals surface area (Å²) in [7, 11) is 0. The van der Waals surface area contributed by atoms with Gasteiger partial charge in [0.2, 0.25) is 0 Å². The molecule has 0 aliphatic heterocycles. The summed E-state index contributed by atoms with van der Waals surface area (Å²) in [6, 6.07) is 5.27. The lowest BCUT2D eigenvalue weighted by Crippen LogP contribution is -2.32. The molecular formula is C14H21ClN2O2. The van der Waals surface area contributed by atoms with E-state index in [1.807, 2.05) is 19.9 Å². The Balaban J connectivity index is 2.98. The van der Waals surface area contributed by atoms with Crippen LogP contribution in [0.2, 0.25) is 5.02 Å². The molecule has 4 nitrogen and oxygen atoms in total. The summed E-state index contributed by atoms with van der Waals surface area (Å²) in [6.45, 7) is 5.88. The van der Waals surface area contributed by atoms with Gasteiger partial charge < -0.3 is 15.3 Å². The maximum atomic E-state index is 12.5. The van der Waals surface area contributed by atoms with Crippen LogP contribution in [0, 0.1) is 0 Å². The van der Waals surface area contributed by atoms with Gasteiger partial charge in [-0.2, -0.15) is 0 Å². The third-order valence-electron chi connectivity index (χ3n) is 2.83. The lowest BCUT2D eigenvalue weighted by molar-refractivity contribution is 0.0755. The minimum atomic E-state index is -0.0607. The second-order valence-corrected chi connectivity index (χ2v) is 4.62. The van der Waals surface area contributed by atoms with Gasteiger partial charge >= 0.3 is 0 Å². The Bertz CT molecular complexity index is 424. The van der Waals surface area contributed by atoms with Crippen LogP contribution in [0.25, 0.3) is 0 Å². The van der Waals surface area contributed by atoms with Crippen LogP contribution in [0.1, 0.15) is 30.6 Å². The summed E-state index contributed by atoms with van der Waals surface area (Å²) >= 11 is 5.97. The average Bonchev–Trinajstić information content (AvgIpc) is 2.41. The number of hydrogen-bond acceptors (Lipinski definition) is 3. The van der Waals surface area contributed by atoms with Gasteiger partial charge in [-0.15, -0.1) is 0 Å². The Morgan fingerprint density at radius 2 is 2.16 bits per heavy atom. The maximum absolute atomic E-state index is 12.5. The van der Waals surface area contributed by atoms with Crippen LogP contribution in [0.4, 0.5) is 5.69 Å². The monoisotopic (exact) mass is 284 g/mol. The standard InChI is InChI=1S/C14H21ClN2O2/c1-3-16-13-7-6-11(15)10-12(13)14(19)17(4-2)8-5-9-18/h6-7,10,16,18H,3-5,8-9H2,1-2H3. The van der Waals surface area contributed by atoms with Crippen LogP contribution in [0.5, 0.6) is 0 Å². The molecule has 0 saturated carbocycles. The van der Waals surface area contributed by atoms with Crippen LogP contribution in [0.3, 0.4) is 0 Å². The third kappa shape index (κ3) is 4.40. The van der Waals surface area contributed by atoms with Crippen molar-refractivity contribution in [2.75, 3.05) is 31.6 Å². The molecule has 0 bridgehead atoms. The number of amides is 1. The number of rotatable bonds is 7. The van der Waals surface area contributed by atoms with Gasteiger partial charge in [-0.1, -0.05) is 11.6 Å². The SMILES string of the molecule is CCNc1ccc(Cl)cc1C(=O)N(CC)CCCO. The van der Waals surface area contributed by atoms with E-state index in [2.05, 4.69) is 5.32 Å². The highest BCUT2D eigenvalue weighted by molar-refractivity contribution is 6.31. The summed E-state index contributed by atoms with van der Waals surface area (Å²) in [6.07, 6.45) is 0.580. The molecule has 1 aromatic rings. The van der Waals surface area contributed by atoms with Gasteiger partial charge in [-0.25, -0.2) is 0 Å². The minimum Gasteiger partial charge on any atom is -0.396 e. The van der Waals surface area contributed by atoms with E-state index in [1.165, 1.54) is 0 Å². The van der Waals surface area contributed by atoms with E-state index < -0.39 is 0 Å². The van der Waals surface area contributed by atoms with Gasteiger partial charge in [0.1, 0.15) is 0 Å². The van der Waals surface area contributed by atoms with Crippen LogP contribution >= 0.6 is 11.6 Å². The summed E-state index contributed by atoms with van der Waals surface area (Å²) in [4.78, 5) is 14.2. The predicted molar refractivity (Wildman–Crippen MR) is 78.9 cm³/mol. The number of halogens is 1. The third-order valence-corrected chi connectivity index (χ3v) is 3.07. The lowest BCUT2D eigenvalue weighted by Gasteiger charge is -2.22. The van der Waals surface area contributed by atoms with E-state index in [4.69, 9.17) is 16.7 Å². The number of carbonyl (C=O) groups excluding carboxylic acids is 1. The van der Waals surface area contributed by atoms with Crippen molar-refractivity contribution in [1.29, 1.82) is 0 Å². The van der Waals surface area contributed by atoms with Crippen molar-refractivity contribution in [2.24, 2.45) is 0 Å². The highest BCUT2D eigenvalue weighted by Crippen LogP contribution is 2.22. The summed E-state index contributed by atoms with van der Waals surface area (Å²) in [5.41, 5.74) is 1.37. The van der Waals surface area contributed by atoms with Gasteiger partial charge in [0, 0.05) is 37.0 Å². The van der Waals surface area contributed by atoms with Crippen LogP contribution < -0.4 is 5.32 Å². The molecule has 0 atom stereocenters. The van der Waals surface area contributed by atoms with Crippen LogP contribution in [0.15, 0.2) is 18.2 Å². The number of aliphatic hydroxyl groups excluding tert-OH is 1. The topological polar surface area (TPSA) is 52.6 Å². The number of carbonyl (C=O) groups is 1. The zero-order chi connectivity index (χ0) is 14.3. The first-order valence-electron chi connectivity index (χ1n) is 6.57. The molecule has 19 heavy (non-hydrogen) atoms.